The first-order valence-electron chi connectivity index (χ1n) is 9.32. The third kappa shape index (κ3) is 1.56. The highest BCUT2D eigenvalue weighted by atomic mass is 79.9. The molecule has 0 aromatic heterocycles. The molecule has 4 atom stereocenters. The number of hydrogen-bond donors (Lipinski definition) is 0. The van der Waals surface area contributed by atoms with Crippen molar-refractivity contribution >= 4 is 31.9 Å². The van der Waals surface area contributed by atoms with Crippen molar-refractivity contribution < 1.29 is 4.74 Å². The molecule has 0 amide bonds. The molecule has 2 fully saturated rings. The summed E-state index contributed by atoms with van der Waals surface area (Å²) >= 11 is 8.11. The molecular formula is C24H18Br2O. The summed E-state index contributed by atoms with van der Waals surface area (Å²) < 4.78 is 7.15. The van der Waals surface area contributed by atoms with Gasteiger partial charge in [0.05, 0.1) is 4.32 Å². The van der Waals surface area contributed by atoms with Gasteiger partial charge >= 0.3 is 0 Å². The van der Waals surface area contributed by atoms with Crippen LogP contribution in [-0.2, 0) is 15.9 Å². The van der Waals surface area contributed by atoms with Crippen molar-refractivity contribution in [3.63, 3.8) is 0 Å². The zero-order valence-corrected chi connectivity index (χ0v) is 17.8. The van der Waals surface area contributed by atoms with E-state index in [0.717, 1.165) is 11.8 Å². The lowest BCUT2D eigenvalue weighted by Gasteiger charge is -2.37. The van der Waals surface area contributed by atoms with Gasteiger partial charge in [0.15, 0.2) is 0 Å². The van der Waals surface area contributed by atoms with Crippen molar-refractivity contribution in [1.82, 2.24) is 0 Å². The highest BCUT2D eigenvalue weighted by Crippen LogP contribution is 2.89. The SMILES string of the molecule is BrC[C@@]12CC1(Br)C1(c3ccccc3)O[C@@]2(c2ccccc2)c2ccccc21. The smallest absolute Gasteiger partial charge is 0.136 e. The lowest BCUT2D eigenvalue weighted by Crippen LogP contribution is -2.42. The fourth-order valence-electron chi connectivity index (χ4n) is 5.85. The van der Waals surface area contributed by atoms with E-state index >= 15 is 0 Å². The van der Waals surface area contributed by atoms with Gasteiger partial charge in [-0.15, -0.1) is 0 Å². The van der Waals surface area contributed by atoms with Crippen molar-refractivity contribution in [2.75, 3.05) is 5.33 Å². The van der Waals surface area contributed by atoms with E-state index in [9.17, 15) is 0 Å². The zero-order valence-electron chi connectivity index (χ0n) is 14.7. The molecule has 134 valence electrons. The minimum atomic E-state index is -0.478. The standard InChI is InChI=1S/C24H18Br2O/c25-16-21-15-22(21,26)24(18-11-5-2-6-12-18)20-14-8-7-13-19(20)23(21,27-24)17-9-3-1-4-10-17/h1-14H,15-16H2/t21-,22?,23-,24?/m0/s1. The second kappa shape index (κ2) is 5.14. The molecule has 3 aromatic carbocycles. The van der Waals surface area contributed by atoms with Gasteiger partial charge in [-0.05, 0) is 28.7 Å². The van der Waals surface area contributed by atoms with Gasteiger partial charge in [-0.3, -0.25) is 0 Å². The maximum Gasteiger partial charge on any atom is 0.136 e. The first kappa shape index (κ1) is 16.5. The molecule has 0 spiro atoms. The molecule has 1 aliphatic carbocycles. The van der Waals surface area contributed by atoms with Gasteiger partial charge in [-0.1, -0.05) is 117 Å². The quantitative estimate of drug-likeness (QED) is 0.408. The van der Waals surface area contributed by atoms with Crippen LogP contribution in [0, 0.1) is 5.41 Å². The molecule has 2 aliphatic heterocycles. The molecule has 3 aromatic rings. The third-order valence-electron chi connectivity index (χ3n) is 6.99. The van der Waals surface area contributed by atoms with E-state index in [0.29, 0.717) is 0 Å². The Hall–Kier alpha value is -1.42. The summed E-state index contributed by atoms with van der Waals surface area (Å²) in [5.74, 6) is 0. The maximum absolute atomic E-state index is 7.27. The van der Waals surface area contributed by atoms with Crippen LogP contribution >= 0.6 is 31.9 Å². The molecule has 0 N–H and O–H groups in total. The molecule has 6 rings (SSSR count). The highest BCUT2D eigenvalue weighted by molar-refractivity contribution is 9.10. The van der Waals surface area contributed by atoms with Crippen LogP contribution in [-0.4, -0.2) is 9.65 Å². The van der Waals surface area contributed by atoms with E-state index in [4.69, 9.17) is 4.74 Å². The summed E-state index contributed by atoms with van der Waals surface area (Å²) in [6.07, 6.45) is 1.07. The van der Waals surface area contributed by atoms with Gasteiger partial charge in [0, 0.05) is 10.7 Å². The molecule has 1 nitrogen and oxygen atoms in total. The average molecular weight is 482 g/mol. The topological polar surface area (TPSA) is 9.23 Å². The number of halogens is 2. The highest BCUT2D eigenvalue weighted by Gasteiger charge is 2.93. The van der Waals surface area contributed by atoms with Crippen LogP contribution in [0.2, 0.25) is 0 Å². The summed E-state index contributed by atoms with van der Waals surface area (Å²) in [5.41, 5.74) is 4.13. The molecule has 1 saturated carbocycles. The second-order valence-electron chi connectivity index (χ2n) is 7.94. The van der Waals surface area contributed by atoms with Crippen LogP contribution in [0.4, 0.5) is 0 Å². The molecule has 2 heterocycles. The second-order valence-corrected chi connectivity index (χ2v) is 9.85. The van der Waals surface area contributed by atoms with Gasteiger partial charge in [0.1, 0.15) is 11.2 Å². The van der Waals surface area contributed by atoms with E-state index in [1.165, 1.54) is 22.3 Å². The van der Waals surface area contributed by atoms with E-state index in [1.807, 2.05) is 0 Å². The lowest BCUT2D eigenvalue weighted by molar-refractivity contribution is -0.0803. The van der Waals surface area contributed by atoms with E-state index in [1.54, 1.807) is 0 Å². The number of benzene rings is 3. The summed E-state index contributed by atoms with van der Waals surface area (Å²) in [6.45, 7) is 0. The Balaban J connectivity index is 1.75. The largest absolute Gasteiger partial charge is 0.347 e. The van der Waals surface area contributed by atoms with Gasteiger partial charge in [-0.2, -0.15) is 0 Å². The number of hydrogen-bond acceptors (Lipinski definition) is 1. The van der Waals surface area contributed by atoms with Crippen LogP contribution < -0.4 is 0 Å². The summed E-state index contributed by atoms with van der Waals surface area (Å²) in [6, 6.07) is 30.3. The zero-order chi connectivity index (χ0) is 18.3. The average Bonchev–Trinajstić information content (AvgIpc) is 3.19. The van der Waals surface area contributed by atoms with Crippen LogP contribution in [0.1, 0.15) is 28.7 Å². The number of fused-ring (bicyclic) bond motifs is 8. The maximum atomic E-state index is 7.27. The predicted molar refractivity (Wildman–Crippen MR) is 114 cm³/mol. The van der Waals surface area contributed by atoms with Crippen molar-refractivity contribution in [1.29, 1.82) is 0 Å². The van der Waals surface area contributed by atoms with E-state index in [-0.39, 0.29) is 9.74 Å². The molecule has 3 aliphatic rings. The Morgan fingerprint density at radius 3 is 1.74 bits per heavy atom. The Labute approximate surface area is 176 Å². The monoisotopic (exact) mass is 480 g/mol. The first-order chi connectivity index (χ1) is 13.2. The van der Waals surface area contributed by atoms with Gasteiger partial charge in [-0.25, -0.2) is 0 Å². The van der Waals surface area contributed by atoms with E-state index < -0.39 is 11.2 Å². The van der Waals surface area contributed by atoms with Crippen LogP contribution in [0.3, 0.4) is 0 Å². The Bertz CT molecular complexity index is 1050. The molecular weight excluding hydrogens is 464 g/mol. The first-order valence-corrected chi connectivity index (χ1v) is 11.2. The molecule has 2 bridgehead atoms. The molecule has 3 heteroatoms. The number of alkyl halides is 2. The number of ether oxygens (including phenoxy) is 1. The summed E-state index contributed by atoms with van der Waals surface area (Å²) in [5, 5.41) is 0.892. The fourth-order valence-corrected chi connectivity index (χ4v) is 8.72. The van der Waals surface area contributed by atoms with Gasteiger partial charge in [0.25, 0.3) is 0 Å². The normalized spacial score (nSPS) is 37.7. The van der Waals surface area contributed by atoms with Gasteiger partial charge < -0.3 is 4.74 Å². The fraction of sp³-hybridized carbons (Fsp3) is 0.250. The Morgan fingerprint density at radius 2 is 1.19 bits per heavy atom. The lowest BCUT2D eigenvalue weighted by atomic mass is 9.66. The number of rotatable bonds is 3. The summed E-state index contributed by atoms with van der Waals surface area (Å²) in [7, 11) is 0. The minimum absolute atomic E-state index is 0.0223. The van der Waals surface area contributed by atoms with Gasteiger partial charge in [0.2, 0.25) is 0 Å². The molecule has 2 unspecified atom stereocenters. The predicted octanol–water partition coefficient (Wildman–Crippen LogP) is 6.14. The Morgan fingerprint density at radius 1 is 0.704 bits per heavy atom. The van der Waals surface area contributed by atoms with Crippen LogP contribution in [0.25, 0.3) is 0 Å². The molecule has 0 radical (unpaired) electrons. The van der Waals surface area contributed by atoms with Crippen LogP contribution in [0.15, 0.2) is 84.9 Å². The van der Waals surface area contributed by atoms with E-state index in [2.05, 4.69) is 117 Å². The molecule has 27 heavy (non-hydrogen) atoms. The van der Waals surface area contributed by atoms with Crippen molar-refractivity contribution in [3.8, 4) is 0 Å². The molecule has 1 saturated heterocycles. The van der Waals surface area contributed by atoms with Crippen LogP contribution in [0.5, 0.6) is 0 Å². The third-order valence-corrected chi connectivity index (χ3v) is 9.55. The van der Waals surface area contributed by atoms with Crippen molar-refractivity contribution in [2.24, 2.45) is 5.41 Å². The van der Waals surface area contributed by atoms with Crippen molar-refractivity contribution in [2.45, 2.75) is 21.9 Å². The Kier molecular flexibility index (Phi) is 3.14. The summed E-state index contributed by atoms with van der Waals surface area (Å²) in [4.78, 5) is 0. The minimum Gasteiger partial charge on any atom is -0.347 e. The van der Waals surface area contributed by atoms with Crippen molar-refractivity contribution in [3.05, 3.63) is 107 Å².